The van der Waals surface area contributed by atoms with Gasteiger partial charge in [-0.1, -0.05) is 174 Å². The number of aryl methyl sites for hydroxylation is 4. The number of hydrogen-bond donors (Lipinski definition) is 0. The third-order valence-corrected chi connectivity index (χ3v) is 15.3. The van der Waals surface area contributed by atoms with Crippen LogP contribution in [0.4, 0.5) is 49.1 Å². The van der Waals surface area contributed by atoms with Crippen molar-refractivity contribution in [1.82, 2.24) is 0 Å². The molecular weight excluding hydrogens is 983 g/mol. The number of allylic oxidation sites excluding steroid dienone is 10. The van der Waals surface area contributed by atoms with Crippen molar-refractivity contribution in [2.75, 3.05) is 9.80 Å². The summed E-state index contributed by atoms with van der Waals surface area (Å²) in [6.45, 7) is 8.22. The highest BCUT2D eigenvalue weighted by molar-refractivity contribution is 5.91. The van der Waals surface area contributed by atoms with Crippen LogP contribution in [0.15, 0.2) is 264 Å². The van der Waals surface area contributed by atoms with Crippen LogP contribution >= 0.6 is 0 Å². The zero-order valence-electron chi connectivity index (χ0n) is 43.3. The summed E-state index contributed by atoms with van der Waals surface area (Å²) < 4.78 is 85.8. The summed E-state index contributed by atoms with van der Waals surface area (Å²) >= 11 is 0. The molecule has 0 saturated heterocycles. The van der Waals surface area contributed by atoms with Gasteiger partial charge in [-0.05, 0) is 168 Å². The van der Waals surface area contributed by atoms with Gasteiger partial charge in [-0.15, -0.1) is 0 Å². The molecule has 8 aromatic carbocycles. The maximum Gasteiger partial charge on any atom is 0.416 e. The van der Waals surface area contributed by atoms with E-state index in [2.05, 4.69) is 169 Å². The number of benzene rings is 8. The standard InChI is InChI=1S/C70H52F6N2/c1-43-9-5-13-49(37-43)51-21-35-65(61(41-51)53-15-7-11-45(3)39-53)77(57-27-23-55(24-28-57)69(71,72)73)63-33-19-47-18-32-60-64(34-20-48-17-31-59(63)67(47)68(48)60)78(58-29-25-56(26-30-58)70(74,75)76)66-36-22-52(50-14-6-10-44(2)38-50)42-62(66)54-16-8-12-46(4)40-54/h5-42,63,68H,1-4H3. The van der Waals surface area contributed by atoms with Crippen molar-refractivity contribution in [3.63, 3.8) is 0 Å². The molecule has 0 bridgehead atoms. The van der Waals surface area contributed by atoms with Crippen LogP contribution in [0.5, 0.6) is 0 Å². The summed E-state index contributed by atoms with van der Waals surface area (Å²) in [6, 6.07) is 56.2. The summed E-state index contributed by atoms with van der Waals surface area (Å²) in [6.07, 6.45) is 7.83. The first-order valence-electron chi connectivity index (χ1n) is 26.0. The Hall–Kier alpha value is -8.88. The predicted molar refractivity (Wildman–Crippen MR) is 306 cm³/mol. The maximum atomic E-state index is 14.3. The Labute approximate surface area is 451 Å². The molecule has 2 atom stereocenters. The summed E-state index contributed by atoms with van der Waals surface area (Å²) in [5, 5.41) is 0. The van der Waals surface area contributed by atoms with Gasteiger partial charge in [-0.2, -0.15) is 26.3 Å². The third kappa shape index (κ3) is 9.35. The first-order valence-corrected chi connectivity index (χ1v) is 26.0. The van der Waals surface area contributed by atoms with E-state index in [9.17, 15) is 26.3 Å². The Morgan fingerprint density at radius 3 is 1.41 bits per heavy atom. The minimum atomic E-state index is -4.54. The van der Waals surface area contributed by atoms with E-state index in [0.29, 0.717) is 11.4 Å². The number of hydrogen-bond acceptors (Lipinski definition) is 2. The van der Waals surface area contributed by atoms with E-state index in [1.54, 1.807) is 24.3 Å². The number of nitrogens with zero attached hydrogens (tertiary/aromatic N) is 2. The molecule has 2 nitrogen and oxygen atoms in total. The van der Waals surface area contributed by atoms with Gasteiger partial charge in [0.1, 0.15) is 0 Å². The molecule has 0 aliphatic heterocycles. The lowest BCUT2D eigenvalue weighted by atomic mass is 9.67. The molecular formula is C70H52F6N2. The first-order chi connectivity index (χ1) is 37.6. The quantitative estimate of drug-likeness (QED) is 0.126. The molecule has 384 valence electrons. The van der Waals surface area contributed by atoms with E-state index in [1.165, 1.54) is 0 Å². The Morgan fingerprint density at radius 1 is 0.410 bits per heavy atom. The molecule has 0 radical (unpaired) electrons. The number of alkyl halides is 6. The molecule has 0 saturated carbocycles. The third-order valence-electron chi connectivity index (χ3n) is 15.3. The second-order valence-electron chi connectivity index (χ2n) is 20.6. The summed E-state index contributed by atoms with van der Waals surface area (Å²) in [4.78, 5) is 4.24. The van der Waals surface area contributed by atoms with Crippen LogP contribution in [-0.4, -0.2) is 6.04 Å². The lowest BCUT2D eigenvalue weighted by Crippen LogP contribution is -2.37. The smallest absolute Gasteiger partial charge is 0.330 e. The van der Waals surface area contributed by atoms with Crippen molar-refractivity contribution < 1.29 is 26.3 Å². The number of rotatable bonds is 10. The van der Waals surface area contributed by atoms with Crippen molar-refractivity contribution in [2.45, 2.75) is 46.1 Å². The number of halogens is 6. The normalized spacial score (nSPS) is 16.5. The molecule has 0 amide bonds. The first kappa shape index (κ1) is 50.0. The van der Waals surface area contributed by atoms with E-state index in [-0.39, 0.29) is 5.92 Å². The summed E-state index contributed by atoms with van der Waals surface area (Å²) in [7, 11) is 0. The van der Waals surface area contributed by atoms with E-state index < -0.39 is 29.5 Å². The molecule has 0 aromatic heterocycles. The van der Waals surface area contributed by atoms with Gasteiger partial charge in [0.25, 0.3) is 0 Å². The zero-order valence-corrected chi connectivity index (χ0v) is 43.3. The van der Waals surface area contributed by atoms with Gasteiger partial charge >= 0.3 is 12.4 Å². The van der Waals surface area contributed by atoms with E-state index in [0.717, 1.165) is 136 Å². The van der Waals surface area contributed by atoms with Crippen molar-refractivity contribution in [3.05, 3.63) is 298 Å². The van der Waals surface area contributed by atoms with E-state index in [4.69, 9.17) is 0 Å². The molecule has 4 aliphatic carbocycles. The monoisotopic (exact) mass is 1030 g/mol. The van der Waals surface area contributed by atoms with E-state index in [1.807, 2.05) is 50.2 Å². The highest BCUT2D eigenvalue weighted by Crippen LogP contribution is 2.54. The molecule has 8 heteroatoms. The summed E-state index contributed by atoms with van der Waals surface area (Å²) in [5.41, 5.74) is 19.2. The van der Waals surface area contributed by atoms with Gasteiger partial charge in [0.2, 0.25) is 0 Å². The van der Waals surface area contributed by atoms with Crippen LogP contribution in [0.3, 0.4) is 0 Å². The average Bonchev–Trinajstić information content (AvgIpc) is 3.53. The minimum absolute atomic E-state index is 0.308. The highest BCUT2D eigenvalue weighted by atomic mass is 19.4. The fraction of sp³-hybridized carbons (Fsp3) is 0.114. The fourth-order valence-electron chi connectivity index (χ4n) is 11.6. The van der Waals surface area contributed by atoms with Crippen LogP contribution in [0.2, 0.25) is 0 Å². The highest BCUT2D eigenvalue weighted by Gasteiger charge is 2.41. The van der Waals surface area contributed by atoms with Crippen molar-refractivity contribution in [3.8, 4) is 44.5 Å². The van der Waals surface area contributed by atoms with Crippen molar-refractivity contribution in [1.29, 1.82) is 0 Å². The summed E-state index contributed by atoms with van der Waals surface area (Å²) in [5.74, 6) is -0.308. The van der Waals surface area contributed by atoms with Crippen molar-refractivity contribution in [2.24, 2.45) is 5.92 Å². The number of anilines is 4. The van der Waals surface area contributed by atoms with Gasteiger partial charge in [-0.25, -0.2) is 0 Å². The molecule has 8 aromatic rings. The van der Waals surface area contributed by atoms with Crippen LogP contribution in [0.25, 0.3) is 44.5 Å². The van der Waals surface area contributed by atoms with Gasteiger partial charge in [0.15, 0.2) is 0 Å². The molecule has 78 heavy (non-hydrogen) atoms. The van der Waals surface area contributed by atoms with Crippen molar-refractivity contribution >= 4 is 22.7 Å². The minimum Gasteiger partial charge on any atom is -0.330 e. The largest absolute Gasteiger partial charge is 0.416 e. The molecule has 0 spiro atoms. The Balaban J connectivity index is 1.04. The van der Waals surface area contributed by atoms with Crippen LogP contribution in [0.1, 0.15) is 33.4 Å². The predicted octanol–water partition coefficient (Wildman–Crippen LogP) is 19.7. The molecule has 4 aliphatic rings. The molecule has 2 unspecified atom stereocenters. The Morgan fingerprint density at radius 2 is 0.885 bits per heavy atom. The van der Waals surface area contributed by atoms with Gasteiger partial charge in [-0.3, -0.25) is 0 Å². The second-order valence-corrected chi connectivity index (χ2v) is 20.6. The SMILES string of the molecule is Cc1cccc(-c2ccc(N(C3=C4C=CC5=C6C(=CC=C(C=C3)C46)C(N(c3ccc(C(F)(F)F)cc3)c3ccc(-c4cccc(C)c4)cc3-c3cccc(C)c3)C=C5)c3ccc(C(F)(F)F)cc3)c(-c3cccc(C)c3)c2)c1. The van der Waals surface area contributed by atoms with Crippen LogP contribution < -0.4 is 9.80 Å². The Bertz CT molecular complexity index is 3930. The molecule has 12 rings (SSSR count). The lowest BCUT2D eigenvalue weighted by molar-refractivity contribution is -0.138. The Kier molecular flexibility index (Phi) is 12.6. The maximum absolute atomic E-state index is 14.3. The molecule has 0 heterocycles. The lowest BCUT2D eigenvalue weighted by Gasteiger charge is -2.44. The van der Waals surface area contributed by atoms with E-state index >= 15 is 0 Å². The second kappa shape index (κ2) is 19.6. The molecule has 0 fully saturated rings. The topological polar surface area (TPSA) is 6.48 Å². The van der Waals surface area contributed by atoms with Crippen LogP contribution in [-0.2, 0) is 12.4 Å². The zero-order chi connectivity index (χ0) is 54.0. The average molecular weight is 1040 g/mol. The fourth-order valence-corrected chi connectivity index (χ4v) is 11.6. The van der Waals surface area contributed by atoms with Gasteiger partial charge in [0.05, 0.1) is 28.6 Å². The van der Waals surface area contributed by atoms with Gasteiger partial charge < -0.3 is 9.80 Å². The molecule has 0 N–H and O–H groups in total. The van der Waals surface area contributed by atoms with Gasteiger partial charge in [0, 0.05) is 34.1 Å². The van der Waals surface area contributed by atoms with Crippen LogP contribution in [0, 0.1) is 33.6 Å².